The third-order valence-corrected chi connectivity index (χ3v) is 5.91. The maximum Gasteiger partial charge on any atom is 0.263 e. The van der Waals surface area contributed by atoms with Gasteiger partial charge in [0.2, 0.25) is 0 Å². The average molecular weight is 327 g/mol. The van der Waals surface area contributed by atoms with E-state index in [1.54, 1.807) is 0 Å². The molecule has 0 aromatic heterocycles. The molecule has 4 heteroatoms. The number of hydrogen-bond acceptors (Lipinski definition) is 1. The van der Waals surface area contributed by atoms with Crippen LogP contribution >= 0.6 is 0 Å². The van der Waals surface area contributed by atoms with Crippen LogP contribution in [0.4, 0.5) is 8.78 Å². The second kappa shape index (κ2) is 5.11. The Hall–Kier alpha value is -1.78. The van der Waals surface area contributed by atoms with Gasteiger partial charge in [-0.1, -0.05) is 48.5 Å². The fraction of sp³-hybridized carbons (Fsp3) is 0.400. The minimum atomic E-state index is -2.62. The van der Waals surface area contributed by atoms with Crippen LogP contribution in [0.3, 0.4) is 0 Å². The van der Waals surface area contributed by atoms with Gasteiger partial charge < -0.3 is 5.32 Å². The van der Waals surface area contributed by atoms with Crippen LogP contribution in [-0.4, -0.2) is 37.0 Å². The Labute approximate surface area is 140 Å². The van der Waals surface area contributed by atoms with Gasteiger partial charge in [0.15, 0.2) is 0 Å². The van der Waals surface area contributed by atoms with Crippen LogP contribution in [0.5, 0.6) is 0 Å². The highest BCUT2D eigenvalue weighted by Crippen LogP contribution is 2.70. The summed E-state index contributed by atoms with van der Waals surface area (Å²) >= 11 is 0. The SMILES string of the molecule is FC1(F)[C@@H]2c3ccccc3C(N3CC[NH2+]CC3)c3ccccc3[C@@H]21. The molecule has 1 unspecified atom stereocenters. The van der Waals surface area contributed by atoms with Gasteiger partial charge in [0.1, 0.15) is 0 Å². The molecule has 3 atom stereocenters. The standard InChI is InChI=1S/C20H20F2N2/c21-20(22)17-13-5-1-3-7-15(13)19(24-11-9-23-10-12-24)16-8-4-2-6-14(16)18(17)20/h1-8,17-19,23H,9-12H2/p+1/t17-,18+,19?. The highest BCUT2D eigenvalue weighted by molar-refractivity contribution is 5.56. The number of nitrogens with two attached hydrogens (primary N) is 1. The van der Waals surface area contributed by atoms with Crippen molar-refractivity contribution in [1.29, 1.82) is 0 Å². The van der Waals surface area contributed by atoms with Crippen molar-refractivity contribution in [1.82, 2.24) is 4.90 Å². The van der Waals surface area contributed by atoms with Crippen molar-refractivity contribution in [3.05, 3.63) is 70.8 Å². The Morgan fingerprint density at radius 3 is 1.75 bits per heavy atom. The largest absolute Gasteiger partial charge is 0.344 e. The predicted molar refractivity (Wildman–Crippen MR) is 88.4 cm³/mol. The lowest BCUT2D eigenvalue weighted by Crippen LogP contribution is -2.89. The molecule has 0 bridgehead atoms. The summed E-state index contributed by atoms with van der Waals surface area (Å²) in [6.45, 7) is 4.14. The van der Waals surface area contributed by atoms with Gasteiger partial charge in [0.25, 0.3) is 5.92 Å². The van der Waals surface area contributed by atoms with E-state index in [-0.39, 0.29) is 6.04 Å². The minimum Gasteiger partial charge on any atom is -0.344 e. The number of rotatable bonds is 1. The first-order chi connectivity index (χ1) is 11.7. The van der Waals surface area contributed by atoms with Crippen molar-refractivity contribution in [3.63, 3.8) is 0 Å². The first-order valence-electron chi connectivity index (χ1n) is 8.81. The number of halogens is 2. The maximum atomic E-state index is 14.6. The van der Waals surface area contributed by atoms with Crippen molar-refractivity contribution in [3.8, 4) is 0 Å². The van der Waals surface area contributed by atoms with E-state index in [1.165, 1.54) is 0 Å². The zero-order valence-electron chi connectivity index (χ0n) is 13.5. The number of alkyl halides is 2. The summed E-state index contributed by atoms with van der Waals surface area (Å²) in [4.78, 5) is 2.47. The zero-order valence-corrected chi connectivity index (χ0v) is 13.5. The Kier molecular flexibility index (Phi) is 3.10. The van der Waals surface area contributed by atoms with Crippen molar-refractivity contribution >= 4 is 0 Å². The summed E-state index contributed by atoms with van der Waals surface area (Å²) in [5.41, 5.74) is 3.86. The van der Waals surface area contributed by atoms with Gasteiger partial charge in [-0.15, -0.1) is 0 Å². The molecule has 5 rings (SSSR count). The summed E-state index contributed by atoms with van der Waals surface area (Å²) in [7, 11) is 0. The maximum absolute atomic E-state index is 14.6. The molecule has 1 aliphatic heterocycles. The van der Waals surface area contributed by atoms with E-state index < -0.39 is 17.8 Å². The molecule has 2 nitrogen and oxygen atoms in total. The van der Waals surface area contributed by atoms with E-state index in [0.29, 0.717) is 0 Å². The van der Waals surface area contributed by atoms with Crippen LogP contribution in [0, 0.1) is 0 Å². The number of benzene rings is 2. The van der Waals surface area contributed by atoms with Crippen LogP contribution in [0.1, 0.15) is 40.1 Å². The molecular weight excluding hydrogens is 306 g/mol. The lowest BCUT2D eigenvalue weighted by Gasteiger charge is -2.35. The smallest absolute Gasteiger partial charge is 0.263 e. The zero-order chi connectivity index (χ0) is 16.3. The Bertz CT molecular complexity index is 727. The summed E-state index contributed by atoms with van der Waals surface area (Å²) in [6.07, 6.45) is 0. The average Bonchev–Trinajstić information content (AvgIpc) is 3.22. The molecule has 24 heavy (non-hydrogen) atoms. The van der Waals surface area contributed by atoms with Crippen LogP contribution in [0.15, 0.2) is 48.5 Å². The van der Waals surface area contributed by atoms with E-state index in [9.17, 15) is 8.78 Å². The third-order valence-electron chi connectivity index (χ3n) is 5.91. The van der Waals surface area contributed by atoms with Crippen LogP contribution in [0.25, 0.3) is 0 Å². The van der Waals surface area contributed by atoms with Gasteiger partial charge in [-0.2, -0.15) is 0 Å². The van der Waals surface area contributed by atoms with Crippen molar-refractivity contribution in [2.75, 3.05) is 26.2 Å². The second-order valence-corrected chi connectivity index (χ2v) is 7.19. The van der Waals surface area contributed by atoms with Gasteiger partial charge >= 0.3 is 0 Å². The molecule has 0 spiro atoms. The Morgan fingerprint density at radius 1 is 0.792 bits per heavy atom. The fourth-order valence-electron chi connectivity index (χ4n) is 4.78. The fourth-order valence-corrected chi connectivity index (χ4v) is 4.78. The molecule has 2 aliphatic carbocycles. The summed E-state index contributed by atoms with van der Waals surface area (Å²) in [5, 5.41) is 2.33. The van der Waals surface area contributed by atoms with Crippen molar-refractivity contribution in [2.24, 2.45) is 0 Å². The summed E-state index contributed by atoms with van der Waals surface area (Å²) < 4.78 is 29.2. The highest BCUT2D eigenvalue weighted by Gasteiger charge is 2.71. The molecule has 0 radical (unpaired) electrons. The Morgan fingerprint density at radius 2 is 1.25 bits per heavy atom. The molecule has 2 fully saturated rings. The molecule has 124 valence electrons. The lowest BCUT2D eigenvalue weighted by atomic mass is 9.90. The number of hydrogen-bond donors (Lipinski definition) is 1. The van der Waals surface area contributed by atoms with E-state index in [1.807, 2.05) is 36.4 Å². The van der Waals surface area contributed by atoms with Crippen LogP contribution in [-0.2, 0) is 0 Å². The number of nitrogens with zero attached hydrogens (tertiary/aromatic N) is 1. The van der Waals surface area contributed by atoms with Gasteiger partial charge in [-0.05, 0) is 22.3 Å². The molecular formula is C20H21F2N2+. The van der Waals surface area contributed by atoms with E-state index >= 15 is 0 Å². The molecule has 1 saturated carbocycles. The molecule has 2 aromatic rings. The molecule has 1 heterocycles. The van der Waals surface area contributed by atoms with Crippen LogP contribution in [0.2, 0.25) is 0 Å². The van der Waals surface area contributed by atoms with E-state index in [4.69, 9.17) is 0 Å². The van der Waals surface area contributed by atoms with Gasteiger partial charge in [-0.3, -0.25) is 4.90 Å². The topological polar surface area (TPSA) is 19.9 Å². The number of fused-ring (bicyclic) bond motifs is 5. The van der Waals surface area contributed by atoms with E-state index in [0.717, 1.165) is 48.4 Å². The van der Waals surface area contributed by atoms with Gasteiger partial charge in [-0.25, -0.2) is 8.78 Å². The molecule has 2 aromatic carbocycles. The summed E-state index contributed by atoms with van der Waals surface area (Å²) in [5.74, 6) is -3.93. The van der Waals surface area contributed by atoms with Crippen molar-refractivity contribution in [2.45, 2.75) is 23.8 Å². The molecule has 1 saturated heterocycles. The minimum absolute atomic E-state index is 0.106. The lowest BCUT2D eigenvalue weighted by molar-refractivity contribution is -0.663. The first-order valence-corrected chi connectivity index (χ1v) is 8.81. The molecule has 0 amide bonds. The number of piperazine rings is 1. The Balaban J connectivity index is 1.73. The summed E-state index contributed by atoms with van der Waals surface area (Å²) in [6, 6.07) is 15.9. The molecule has 2 N–H and O–H groups in total. The van der Waals surface area contributed by atoms with Crippen LogP contribution < -0.4 is 5.32 Å². The second-order valence-electron chi connectivity index (χ2n) is 7.19. The van der Waals surface area contributed by atoms with Crippen molar-refractivity contribution < 1.29 is 14.1 Å². The number of quaternary nitrogens is 1. The first kappa shape index (κ1) is 14.6. The highest BCUT2D eigenvalue weighted by atomic mass is 19.3. The van der Waals surface area contributed by atoms with Gasteiger partial charge in [0.05, 0.1) is 31.0 Å². The van der Waals surface area contributed by atoms with E-state index in [2.05, 4.69) is 22.3 Å². The molecule has 3 aliphatic rings. The normalized spacial score (nSPS) is 30.7. The predicted octanol–water partition coefficient (Wildman–Crippen LogP) is 2.48. The third kappa shape index (κ3) is 1.93. The quantitative estimate of drug-likeness (QED) is 0.853. The van der Waals surface area contributed by atoms with Gasteiger partial charge in [0, 0.05) is 13.1 Å². The monoisotopic (exact) mass is 327 g/mol.